The number of amides is 1. The van der Waals surface area contributed by atoms with E-state index in [0.29, 0.717) is 12.2 Å². The number of rotatable bonds is 3. The molecule has 3 rings (SSSR count). The molecule has 0 spiro atoms. The molecule has 1 amide bonds. The Bertz CT molecular complexity index is 831. The number of sulfonamides is 1. The second-order valence-electron chi connectivity index (χ2n) is 5.05. The van der Waals surface area contributed by atoms with Crippen LogP contribution < -0.4 is 9.62 Å². The standard InChI is InChI=1S/C13H14N4O3S2/c1-8-7-17(11-6-4-3-5-10(8)11)22(19,20)13-16-15-12(21-13)14-9(2)18/h3-6,8H,7H2,1-2H3,(H,14,15,18). The first kappa shape index (κ1) is 14.9. The van der Waals surface area contributed by atoms with Crippen LogP contribution >= 0.6 is 11.3 Å². The van der Waals surface area contributed by atoms with Gasteiger partial charge in [0.05, 0.1) is 5.69 Å². The van der Waals surface area contributed by atoms with Crippen LogP contribution in [0.2, 0.25) is 0 Å². The Morgan fingerprint density at radius 2 is 2.09 bits per heavy atom. The molecule has 1 unspecified atom stereocenters. The van der Waals surface area contributed by atoms with Crippen LogP contribution in [-0.2, 0) is 14.8 Å². The van der Waals surface area contributed by atoms with Crippen LogP contribution in [0.3, 0.4) is 0 Å². The van der Waals surface area contributed by atoms with Crippen molar-refractivity contribution in [1.29, 1.82) is 0 Å². The van der Waals surface area contributed by atoms with E-state index in [1.54, 1.807) is 6.07 Å². The van der Waals surface area contributed by atoms with Gasteiger partial charge in [-0.2, -0.15) is 8.42 Å². The molecule has 1 aliphatic rings. The van der Waals surface area contributed by atoms with Crippen molar-refractivity contribution < 1.29 is 13.2 Å². The minimum Gasteiger partial charge on any atom is -0.301 e. The molecule has 1 aromatic carbocycles. The van der Waals surface area contributed by atoms with E-state index in [-0.39, 0.29) is 21.3 Å². The number of aromatic nitrogens is 2. The molecule has 1 N–H and O–H groups in total. The van der Waals surface area contributed by atoms with E-state index in [1.165, 1.54) is 11.2 Å². The van der Waals surface area contributed by atoms with Gasteiger partial charge in [0.25, 0.3) is 14.4 Å². The molecule has 0 aliphatic carbocycles. The zero-order valence-corrected chi connectivity index (χ0v) is 13.6. The van der Waals surface area contributed by atoms with Gasteiger partial charge in [-0.1, -0.05) is 36.5 Å². The van der Waals surface area contributed by atoms with E-state index in [2.05, 4.69) is 15.5 Å². The van der Waals surface area contributed by atoms with E-state index < -0.39 is 10.0 Å². The van der Waals surface area contributed by atoms with Crippen molar-refractivity contribution in [2.75, 3.05) is 16.2 Å². The lowest BCUT2D eigenvalue weighted by Gasteiger charge is -2.17. The van der Waals surface area contributed by atoms with Gasteiger partial charge in [-0.25, -0.2) is 0 Å². The van der Waals surface area contributed by atoms with Gasteiger partial charge in [0.2, 0.25) is 11.0 Å². The number of hydrogen-bond acceptors (Lipinski definition) is 6. The monoisotopic (exact) mass is 338 g/mol. The van der Waals surface area contributed by atoms with Crippen LogP contribution in [0, 0.1) is 0 Å². The maximum atomic E-state index is 12.8. The highest BCUT2D eigenvalue weighted by molar-refractivity contribution is 7.94. The largest absolute Gasteiger partial charge is 0.301 e. The molecule has 9 heteroatoms. The number of carbonyl (C=O) groups excluding carboxylic acids is 1. The van der Waals surface area contributed by atoms with Crippen LogP contribution in [0.25, 0.3) is 0 Å². The van der Waals surface area contributed by atoms with Crippen LogP contribution in [-0.4, -0.2) is 31.1 Å². The maximum Gasteiger partial charge on any atom is 0.293 e. The Morgan fingerprint density at radius 1 is 1.36 bits per heavy atom. The quantitative estimate of drug-likeness (QED) is 0.862. The van der Waals surface area contributed by atoms with Crippen molar-refractivity contribution in [2.45, 2.75) is 24.1 Å². The first-order valence-electron chi connectivity index (χ1n) is 6.62. The van der Waals surface area contributed by atoms with Crippen LogP contribution in [0.5, 0.6) is 0 Å². The maximum absolute atomic E-state index is 12.8. The van der Waals surface area contributed by atoms with E-state index in [0.717, 1.165) is 16.9 Å². The zero-order valence-electron chi connectivity index (χ0n) is 12.0. The number of anilines is 2. The molecule has 116 valence electrons. The minimum atomic E-state index is -3.77. The summed E-state index contributed by atoms with van der Waals surface area (Å²) >= 11 is 0.847. The van der Waals surface area contributed by atoms with Crippen LogP contribution in [0.1, 0.15) is 25.3 Å². The molecular formula is C13H14N4O3S2. The summed E-state index contributed by atoms with van der Waals surface area (Å²) in [6.07, 6.45) is 0. The highest BCUT2D eigenvalue weighted by atomic mass is 32.2. The molecule has 0 fully saturated rings. The van der Waals surface area contributed by atoms with Gasteiger partial charge in [0.1, 0.15) is 0 Å². The SMILES string of the molecule is CC(=O)Nc1nnc(S(=O)(=O)N2CC(C)c3ccccc32)s1. The molecule has 2 aromatic rings. The lowest BCUT2D eigenvalue weighted by atomic mass is 10.0. The number of nitrogens with zero attached hydrogens (tertiary/aromatic N) is 3. The van der Waals surface area contributed by atoms with Gasteiger partial charge in [0.15, 0.2) is 0 Å². The van der Waals surface area contributed by atoms with E-state index in [9.17, 15) is 13.2 Å². The van der Waals surface area contributed by atoms with Gasteiger partial charge in [-0.05, 0) is 11.6 Å². The fraction of sp³-hybridized carbons (Fsp3) is 0.308. The topological polar surface area (TPSA) is 92.3 Å². The molecule has 0 radical (unpaired) electrons. The Hall–Kier alpha value is -2.00. The number of carbonyl (C=O) groups is 1. The van der Waals surface area contributed by atoms with Crippen molar-refractivity contribution >= 4 is 38.1 Å². The fourth-order valence-corrected chi connectivity index (χ4v) is 5.04. The first-order valence-corrected chi connectivity index (χ1v) is 8.88. The molecule has 0 saturated heterocycles. The van der Waals surface area contributed by atoms with E-state index in [4.69, 9.17) is 0 Å². The summed E-state index contributed by atoms with van der Waals surface area (Å²) in [6.45, 7) is 3.68. The fourth-order valence-electron chi connectivity index (χ4n) is 2.41. The summed E-state index contributed by atoms with van der Waals surface area (Å²) < 4.78 is 26.8. The third-order valence-corrected chi connectivity index (χ3v) is 6.34. The number of para-hydroxylation sites is 1. The van der Waals surface area contributed by atoms with Crippen molar-refractivity contribution in [3.05, 3.63) is 29.8 Å². The third-order valence-electron chi connectivity index (χ3n) is 3.38. The zero-order chi connectivity index (χ0) is 15.9. The third kappa shape index (κ3) is 2.46. The van der Waals surface area contributed by atoms with E-state index in [1.807, 2.05) is 25.1 Å². The van der Waals surface area contributed by atoms with Crippen molar-refractivity contribution in [3.63, 3.8) is 0 Å². The highest BCUT2D eigenvalue weighted by Gasteiger charge is 2.36. The molecule has 1 aliphatic heterocycles. The Labute approximate surface area is 132 Å². The smallest absolute Gasteiger partial charge is 0.293 e. The summed E-state index contributed by atoms with van der Waals surface area (Å²) in [5, 5.41) is 10.0. The molecule has 1 atom stereocenters. The van der Waals surface area contributed by atoms with Crippen molar-refractivity contribution in [1.82, 2.24) is 10.2 Å². The van der Waals surface area contributed by atoms with Gasteiger partial charge < -0.3 is 5.32 Å². The van der Waals surface area contributed by atoms with Gasteiger partial charge in [-0.15, -0.1) is 10.2 Å². The number of nitrogens with one attached hydrogen (secondary N) is 1. The minimum absolute atomic E-state index is 0.119. The molecule has 0 bridgehead atoms. The lowest BCUT2D eigenvalue weighted by molar-refractivity contribution is -0.114. The van der Waals surface area contributed by atoms with Crippen LogP contribution in [0.15, 0.2) is 28.6 Å². The predicted octanol–water partition coefficient (Wildman–Crippen LogP) is 1.81. The Morgan fingerprint density at radius 3 is 2.82 bits per heavy atom. The van der Waals surface area contributed by atoms with Gasteiger partial charge in [0, 0.05) is 19.4 Å². The highest BCUT2D eigenvalue weighted by Crippen LogP contribution is 2.39. The van der Waals surface area contributed by atoms with Gasteiger partial charge >= 0.3 is 0 Å². The summed E-state index contributed by atoms with van der Waals surface area (Å²) in [5.41, 5.74) is 1.67. The summed E-state index contributed by atoms with van der Waals surface area (Å²) in [7, 11) is -3.77. The number of fused-ring (bicyclic) bond motifs is 1. The normalized spacial score (nSPS) is 17.4. The van der Waals surface area contributed by atoms with Crippen LogP contribution in [0.4, 0.5) is 10.8 Å². The average molecular weight is 338 g/mol. The molecule has 0 saturated carbocycles. The average Bonchev–Trinajstić information content (AvgIpc) is 3.05. The number of benzene rings is 1. The second-order valence-corrected chi connectivity index (χ2v) is 8.06. The molecule has 2 heterocycles. The molecule has 7 nitrogen and oxygen atoms in total. The summed E-state index contributed by atoms with van der Waals surface area (Å²) in [5.74, 6) is -0.200. The van der Waals surface area contributed by atoms with Crippen molar-refractivity contribution in [2.24, 2.45) is 0 Å². The second kappa shape index (κ2) is 5.33. The lowest BCUT2D eigenvalue weighted by Crippen LogP contribution is -2.29. The predicted molar refractivity (Wildman–Crippen MR) is 83.6 cm³/mol. The first-order chi connectivity index (χ1) is 10.4. The van der Waals surface area contributed by atoms with Gasteiger partial charge in [-0.3, -0.25) is 9.10 Å². The summed E-state index contributed by atoms with van der Waals surface area (Å²) in [4.78, 5) is 11.0. The molecular weight excluding hydrogens is 324 g/mol. The molecule has 22 heavy (non-hydrogen) atoms. The number of hydrogen-bond donors (Lipinski definition) is 1. The van der Waals surface area contributed by atoms with Crippen molar-refractivity contribution in [3.8, 4) is 0 Å². The molecule has 1 aromatic heterocycles. The Balaban J connectivity index is 1.98. The Kier molecular flexibility index (Phi) is 3.61. The van der Waals surface area contributed by atoms with E-state index >= 15 is 0 Å². The summed E-state index contributed by atoms with van der Waals surface area (Å²) in [6, 6.07) is 7.41.